The molecule has 0 aromatic heterocycles. The predicted molar refractivity (Wildman–Crippen MR) is 69.1 cm³/mol. The zero-order valence-corrected chi connectivity index (χ0v) is 10.9. The molecule has 3 heteroatoms. The van der Waals surface area contributed by atoms with E-state index in [1.165, 1.54) is 20.0 Å². The van der Waals surface area contributed by atoms with E-state index in [0.29, 0.717) is 5.56 Å². The Hall–Kier alpha value is -1.09. The normalized spacial score (nSPS) is 19.3. The third-order valence-corrected chi connectivity index (χ3v) is 3.88. The highest BCUT2D eigenvalue weighted by Crippen LogP contribution is 2.36. The molecule has 1 fully saturated rings. The molecule has 0 saturated heterocycles. The van der Waals surface area contributed by atoms with Crippen molar-refractivity contribution >= 4 is 0 Å². The van der Waals surface area contributed by atoms with E-state index in [0.717, 1.165) is 25.7 Å². The van der Waals surface area contributed by atoms with Gasteiger partial charge in [0.1, 0.15) is 0 Å². The Morgan fingerprint density at radius 2 is 1.89 bits per heavy atom. The molecule has 1 aromatic carbocycles. The van der Waals surface area contributed by atoms with Crippen molar-refractivity contribution in [3.8, 4) is 5.75 Å². The van der Waals surface area contributed by atoms with Crippen molar-refractivity contribution in [3.63, 3.8) is 0 Å². The highest BCUT2D eigenvalue weighted by atomic mass is 19.1. The first-order chi connectivity index (χ1) is 8.74. The molecular formula is C15H21FO2. The lowest BCUT2D eigenvalue weighted by atomic mass is 9.89. The van der Waals surface area contributed by atoms with Crippen LogP contribution in [-0.2, 0) is 0 Å². The van der Waals surface area contributed by atoms with Gasteiger partial charge in [0.25, 0.3) is 0 Å². The fourth-order valence-corrected chi connectivity index (χ4v) is 2.79. The van der Waals surface area contributed by atoms with Crippen LogP contribution in [0.5, 0.6) is 5.75 Å². The molecule has 1 N–H and O–H groups in total. The van der Waals surface area contributed by atoms with Crippen LogP contribution in [0.2, 0.25) is 0 Å². The molecule has 2 nitrogen and oxygen atoms in total. The predicted octanol–water partition coefficient (Wildman–Crippen LogP) is 3.84. The van der Waals surface area contributed by atoms with Crippen LogP contribution in [0.25, 0.3) is 0 Å². The summed E-state index contributed by atoms with van der Waals surface area (Å²) in [6.45, 7) is 0. The second-order valence-electron chi connectivity index (χ2n) is 5.06. The number of hydrogen-bond acceptors (Lipinski definition) is 2. The molecule has 1 aliphatic rings. The Labute approximate surface area is 108 Å². The monoisotopic (exact) mass is 252 g/mol. The van der Waals surface area contributed by atoms with E-state index in [9.17, 15) is 9.50 Å². The standard InChI is InChI=1S/C15H21FO2/c1-18-13-10-6-9-12(14(13)16)15(17)11-7-4-2-3-5-8-11/h6,9-11,15,17H,2-5,7-8H2,1H3. The van der Waals surface area contributed by atoms with Crippen LogP contribution in [0.1, 0.15) is 50.2 Å². The fraction of sp³-hybridized carbons (Fsp3) is 0.600. The Morgan fingerprint density at radius 1 is 1.22 bits per heavy atom. The molecule has 1 unspecified atom stereocenters. The zero-order chi connectivity index (χ0) is 13.0. The first-order valence-electron chi connectivity index (χ1n) is 6.74. The maximum Gasteiger partial charge on any atom is 0.170 e. The smallest absolute Gasteiger partial charge is 0.170 e. The van der Waals surface area contributed by atoms with Crippen molar-refractivity contribution in [1.29, 1.82) is 0 Å². The summed E-state index contributed by atoms with van der Waals surface area (Å²) in [6, 6.07) is 4.98. The lowest BCUT2D eigenvalue weighted by molar-refractivity contribution is 0.0947. The minimum atomic E-state index is -0.710. The summed E-state index contributed by atoms with van der Waals surface area (Å²) in [5.74, 6) is -0.0361. The van der Waals surface area contributed by atoms with Gasteiger partial charge in [-0.15, -0.1) is 0 Å². The Balaban J connectivity index is 2.19. The van der Waals surface area contributed by atoms with Crippen LogP contribution in [0, 0.1) is 11.7 Å². The summed E-state index contributed by atoms with van der Waals surface area (Å²) in [7, 11) is 1.44. The SMILES string of the molecule is COc1cccc(C(O)C2CCCCCC2)c1F. The third kappa shape index (κ3) is 2.83. The number of aliphatic hydroxyl groups is 1. The van der Waals surface area contributed by atoms with Crippen LogP contribution in [0.15, 0.2) is 18.2 Å². The van der Waals surface area contributed by atoms with Gasteiger partial charge < -0.3 is 9.84 Å². The number of methoxy groups -OCH3 is 1. The highest BCUT2D eigenvalue weighted by molar-refractivity contribution is 5.32. The molecular weight excluding hydrogens is 231 g/mol. The van der Waals surface area contributed by atoms with E-state index in [1.54, 1.807) is 18.2 Å². The number of benzene rings is 1. The van der Waals surface area contributed by atoms with Crippen LogP contribution in [0.4, 0.5) is 4.39 Å². The quantitative estimate of drug-likeness (QED) is 0.828. The number of halogens is 1. The molecule has 1 aromatic rings. The molecule has 1 saturated carbocycles. The molecule has 0 spiro atoms. The summed E-state index contributed by atoms with van der Waals surface area (Å²) in [6.07, 6.45) is 5.97. The second-order valence-corrected chi connectivity index (χ2v) is 5.06. The van der Waals surface area contributed by atoms with Crippen molar-refractivity contribution < 1.29 is 14.2 Å². The topological polar surface area (TPSA) is 29.5 Å². The Kier molecular flexibility index (Phi) is 4.59. The molecule has 1 aliphatic carbocycles. The number of hydrogen-bond donors (Lipinski definition) is 1. The lowest BCUT2D eigenvalue weighted by Gasteiger charge is -2.22. The third-order valence-electron chi connectivity index (χ3n) is 3.88. The van der Waals surface area contributed by atoms with Crippen molar-refractivity contribution in [1.82, 2.24) is 0 Å². The van der Waals surface area contributed by atoms with Gasteiger partial charge in [-0.2, -0.15) is 0 Å². The maximum absolute atomic E-state index is 14.1. The van der Waals surface area contributed by atoms with Gasteiger partial charge >= 0.3 is 0 Å². The van der Waals surface area contributed by atoms with E-state index in [-0.39, 0.29) is 11.7 Å². The lowest BCUT2D eigenvalue weighted by Crippen LogP contribution is -2.13. The molecule has 18 heavy (non-hydrogen) atoms. The molecule has 1 atom stereocenters. The van der Waals surface area contributed by atoms with Crippen molar-refractivity contribution in [2.75, 3.05) is 7.11 Å². The minimum absolute atomic E-state index is 0.175. The van der Waals surface area contributed by atoms with Crippen molar-refractivity contribution in [2.45, 2.75) is 44.6 Å². The van der Waals surface area contributed by atoms with Crippen LogP contribution >= 0.6 is 0 Å². The van der Waals surface area contributed by atoms with Gasteiger partial charge in [0.05, 0.1) is 13.2 Å². The van der Waals surface area contributed by atoms with Crippen LogP contribution < -0.4 is 4.74 Å². The van der Waals surface area contributed by atoms with Gasteiger partial charge in [0.2, 0.25) is 0 Å². The maximum atomic E-state index is 14.1. The second kappa shape index (κ2) is 6.19. The molecule has 0 bridgehead atoms. The average Bonchev–Trinajstić information content (AvgIpc) is 2.67. The van der Waals surface area contributed by atoms with Gasteiger partial charge in [0, 0.05) is 5.56 Å². The molecule has 100 valence electrons. The number of aliphatic hydroxyl groups excluding tert-OH is 1. The largest absolute Gasteiger partial charge is 0.494 e. The van der Waals surface area contributed by atoms with Crippen molar-refractivity contribution in [2.24, 2.45) is 5.92 Å². The zero-order valence-electron chi connectivity index (χ0n) is 10.9. The number of ether oxygens (including phenoxy) is 1. The first-order valence-corrected chi connectivity index (χ1v) is 6.74. The summed E-state index contributed by atoms with van der Waals surface area (Å²) < 4.78 is 19.1. The molecule has 2 rings (SSSR count). The molecule has 0 amide bonds. The summed E-state index contributed by atoms with van der Waals surface area (Å²) in [5.41, 5.74) is 0.376. The van der Waals surface area contributed by atoms with Crippen LogP contribution in [0.3, 0.4) is 0 Å². The summed E-state index contributed by atoms with van der Waals surface area (Å²) in [5, 5.41) is 10.4. The van der Waals surface area contributed by atoms with Gasteiger partial charge in [-0.1, -0.05) is 37.8 Å². The average molecular weight is 252 g/mol. The van der Waals surface area contributed by atoms with Gasteiger partial charge in [-0.3, -0.25) is 0 Å². The van der Waals surface area contributed by atoms with Gasteiger partial charge in [0.15, 0.2) is 11.6 Å². The van der Waals surface area contributed by atoms with Crippen LogP contribution in [-0.4, -0.2) is 12.2 Å². The first kappa shape index (κ1) is 13.3. The van der Waals surface area contributed by atoms with E-state index in [4.69, 9.17) is 4.74 Å². The van der Waals surface area contributed by atoms with E-state index >= 15 is 0 Å². The van der Waals surface area contributed by atoms with Gasteiger partial charge in [-0.05, 0) is 24.8 Å². The molecule has 0 aliphatic heterocycles. The summed E-state index contributed by atoms with van der Waals surface area (Å²) >= 11 is 0. The highest BCUT2D eigenvalue weighted by Gasteiger charge is 2.25. The van der Waals surface area contributed by atoms with Crippen molar-refractivity contribution in [3.05, 3.63) is 29.6 Å². The molecule has 0 heterocycles. The molecule has 0 radical (unpaired) electrons. The number of rotatable bonds is 3. The van der Waals surface area contributed by atoms with E-state index in [2.05, 4.69) is 0 Å². The van der Waals surface area contributed by atoms with E-state index < -0.39 is 11.9 Å². The Bertz CT molecular complexity index is 384. The fourth-order valence-electron chi connectivity index (χ4n) is 2.79. The minimum Gasteiger partial charge on any atom is -0.494 e. The van der Waals surface area contributed by atoms with Gasteiger partial charge in [-0.25, -0.2) is 4.39 Å². The summed E-state index contributed by atoms with van der Waals surface area (Å²) in [4.78, 5) is 0. The Morgan fingerprint density at radius 3 is 2.50 bits per heavy atom. The van der Waals surface area contributed by atoms with E-state index in [1.807, 2.05) is 0 Å².